The molecule has 0 aliphatic carbocycles. The van der Waals surface area contributed by atoms with E-state index in [0.29, 0.717) is 24.6 Å². The average Bonchev–Trinajstić information content (AvgIpc) is 3.08. The minimum absolute atomic E-state index is 0.0664. The molecule has 4 rings (SSSR count). The molecule has 144 valence electrons. The van der Waals surface area contributed by atoms with E-state index in [0.717, 1.165) is 28.7 Å². The molecule has 5 heteroatoms. The number of benzene rings is 3. The number of para-hydroxylation sites is 2. The van der Waals surface area contributed by atoms with E-state index in [2.05, 4.69) is 37.9 Å². The molecule has 0 aromatic heterocycles. The van der Waals surface area contributed by atoms with Gasteiger partial charge in [0.15, 0.2) is 0 Å². The van der Waals surface area contributed by atoms with Gasteiger partial charge in [-0.15, -0.1) is 0 Å². The van der Waals surface area contributed by atoms with Crippen LogP contribution in [0.3, 0.4) is 0 Å². The second-order valence-electron chi connectivity index (χ2n) is 7.13. The summed E-state index contributed by atoms with van der Waals surface area (Å²) in [5, 5.41) is 20.5. The van der Waals surface area contributed by atoms with Crippen LogP contribution in [0.15, 0.2) is 77.3 Å². The molecule has 0 amide bonds. The molecule has 1 fully saturated rings. The molecule has 0 unspecified atom stereocenters. The Kier molecular flexibility index (Phi) is 5.67. The van der Waals surface area contributed by atoms with Gasteiger partial charge in [-0.05, 0) is 29.8 Å². The van der Waals surface area contributed by atoms with E-state index in [-0.39, 0.29) is 6.17 Å². The van der Waals surface area contributed by atoms with Crippen LogP contribution >= 0.6 is 15.9 Å². The number of aromatic hydroxyl groups is 2. The molecule has 0 atom stereocenters. The fourth-order valence-corrected chi connectivity index (χ4v) is 4.30. The Morgan fingerprint density at radius 1 is 0.750 bits per heavy atom. The van der Waals surface area contributed by atoms with Crippen LogP contribution in [0.5, 0.6) is 11.5 Å². The van der Waals surface area contributed by atoms with Gasteiger partial charge in [-0.25, -0.2) is 0 Å². The third-order valence-corrected chi connectivity index (χ3v) is 5.74. The fourth-order valence-electron chi connectivity index (χ4n) is 3.88. The third kappa shape index (κ3) is 4.07. The first kappa shape index (κ1) is 19.0. The molecule has 3 aromatic rings. The summed E-state index contributed by atoms with van der Waals surface area (Å²) in [5.74, 6) is 0.657. The molecule has 28 heavy (non-hydrogen) atoms. The zero-order valence-electron chi connectivity index (χ0n) is 15.5. The van der Waals surface area contributed by atoms with Crippen molar-refractivity contribution in [1.82, 2.24) is 9.80 Å². The predicted octanol–water partition coefficient (Wildman–Crippen LogP) is 4.88. The highest BCUT2D eigenvalue weighted by Crippen LogP contribution is 2.35. The van der Waals surface area contributed by atoms with E-state index in [4.69, 9.17) is 0 Å². The van der Waals surface area contributed by atoms with E-state index >= 15 is 0 Å². The maximum atomic E-state index is 10.2. The summed E-state index contributed by atoms with van der Waals surface area (Å²) < 4.78 is 1.04. The monoisotopic (exact) mass is 438 g/mol. The van der Waals surface area contributed by atoms with Gasteiger partial charge in [-0.1, -0.05) is 64.5 Å². The first-order chi connectivity index (χ1) is 13.6. The predicted molar refractivity (Wildman–Crippen MR) is 114 cm³/mol. The van der Waals surface area contributed by atoms with Gasteiger partial charge in [0, 0.05) is 41.8 Å². The summed E-state index contributed by atoms with van der Waals surface area (Å²) in [6, 6.07) is 23.4. The number of halogens is 1. The van der Waals surface area contributed by atoms with Gasteiger partial charge in [0.2, 0.25) is 0 Å². The SMILES string of the molecule is Oc1ccccc1CN1CCN(Cc2ccccc2O)C1c1cccc(Br)c1. The molecule has 0 bridgehead atoms. The number of rotatable bonds is 5. The van der Waals surface area contributed by atoms with E-state index in [1.54, 1.807) is 12.1 Å². The number of hydrogen-bond donors (Lipinski definition) is 2. The lowest BCUT2D eigenvalue weighted by Gasteiger charge is -2.31. The summed E-state index contributed by atoms with van der Waals surface area (Å²) in [6.45, 7) is 3.11. The van der Waals surface area contributed by atoms with Crippen molar-refractivity contribution >= 4 is 15.9 Å². The molecule has 3 aromatic carbocycles. The van der Waals surface area contributed by atoms with Crippen LogP contribution in [-0.4, -0.2) is 33.1 Å². The molecule has 0 radical (unpaired) electrons. The molecule has 4 nitrogen and oxygen atoms in total. The zero-order chi connectivity index (χ0) is 19.5. The van der Waals surface area contributed by atoms with Gasteiger partial charge in [-0.2, -0.15) is 0 Å². The minimum Gasteiger partial charge on any atom is -0.508 e. The molecule has 2 N–H and O–H groups in total. The van der Waals surface area contributed by atoms with Gasteiger partial charge in [-0.3, -0.25) is 9.80 Å². The molecular formula is C23H23BrN2O2. The van der Waals surface area contributed by atoms with Gasteiger partial charge >= 0.3 is 0 Å². The summed E-state index contributed by atoms with van der Waals surface area (Å²) in [5.41, 5.74) is 3.04. The van der Waals surface area contributed by atoms with E-state index < -0.39 is 0 Å². The second-order valence-corrected chi connectivity index (χ2v) is 8.04. The standard InChI is InChI=1S/C23H23BrN2O2/c24-20-9-5-8-17(14-20)23-25(15-18-6-1-3-10-21(18)27)12-13-26(23)16-19-7-2-4-11-22(19)28/h1-11,14,23,27-28H,12-13,15-16H2. The Labute approximate surface area is 173 Å². The van der Waals surface area contributed by atoms with Crippen LogP contribution in [0.25, 0.3) is 0 Å². The van der Waals surface area contributed by atoms with Crippen molar-refractivity contribution in [3.05, 3.63) is 94.0 Å². The molecule has 1 aliphatic heterocycles. The maximum absolute atomic E-state index is 10.2. The number of phenols is 2. The highest BCUT2D eigenvalue weighted by molar-refractivity contribution is 9.10. The van der Waals surface area contributed by atoms with E-state index in [1.165, 1.54) is 5.56 Å². The quantitative estimate of drug-likeness (QED) is 0.595. The lowest BCUT2D eigenvalue weighted by atomic mass is 10.1. The molecule has 1 heterocycles. The summed E-state index contributed by atoms with van der Waals surface area (Å²) in [4.78, 5) is 4.74. The smallest absolute Gasteiger partial charge is 0.120 e. The van der Waals surface area contributed by atoms with Crippen LogP contribution in [0, 0.1) is 0 Å². The van der Waals surface area contributed by atoms with Crippen LogP contribution < -0.4 is 0 Å². The Hall–Kier alpha value is -2.34. The van der Waals surface area contributed by atoms with Crippen LogP contribution in [0.1, 0.15) is 22.9 Å². The Morgan fingerprint density at radius 3 is 1.79 bits per heavy atom. The summed E-state index contributed by atoms with van der Waals surface area (Å²) >= 11 is 3.59. The molecule has 1 aliphatic rings. The van der Waals surface area contributed by atoms with Gasteiger partial charge in [0.25, 0.3) is 0 Å². The van der Waals surface area contributed by atoms with Crippen molar-refractivity contribution in [2.45, 2.75) is 19.3 Å². The Bertz CT molecular complexity index is 907. The van der Waals surface area contributed by atoms with Crippen molar-refractivity contribution in [1.29, 1.82) is 0 Å². The van der Waals surface area contributed by atoms with Crippen LogP contribution in [0.4, 0.5) is 0 Å². The van der Waals surface area contributed by atoms with Crippen LogP contribution in [-0.2, 0) is 13.1 Å². The van der Waals surface area contributed by atoms with Gasteiger partial charge < -0.3 is 10.2 Å². The van der Waals surface area contributed by atoms with Gasteiger partial charge in [0.05, 0.1) is 6.17 Å². The summed E-state index contributed by atoms with van der Waals surface area (Å²) in [6.07, 6.45) is 0.0664. The Morgan fingerprint density at radius 2 is 1.29 bits per heavy atom. The average molecular weight is 439 g/mol. The topological polar surface area (TPSA) is 46.9 Å². The van der Waals surface area contributed by atoms with Crippen molar-refractivity contribution in [3.63, 3.8) is 0 Å². The van der Waals surface area contributed by atoms with Crippen molar-refractivity contribution < 1.29 is 10.2 Å². The largest absolute Gasteiger partial charge is 0.508 e. The first-order valence-corrected chi connectivity index (χ1v) is 10.2. The van der Waals surface area contributed by atoms with E-state index in [1.807, 2.05) is 48.5 Å². The lowest BCUT2D eigenvalue weighted by Crippen LogP contribution is -2.30. The first-order valence-electron chi connectivity index (χ1n) is 9.39. The number of hydrogen-bond acceptors (Lipinski definition) is 4. The van der Waals surface area contributed by atoms with Crippen molar-refractivity contribution in [2.24, 2.45) is 0 Å². The normalized spacial score (nSPS) is 15.9. The highest BCUT2D eigenvalue weighted by atomic mass is 79.9. The number of phenolic OH excluding ortho intramolecular Hbond substituents is 2. The maximum Gasteiger partial charge on any atom is 0.120 e. The molecule has 0 saturated carbocycles. The van der Waals surface area contributed by atoms with Crippen molar-refractivity contribution in [3.8, 4) is 11.5 Å². The number of nitrogens with zero attached hydrogens (tertiary/aromatic N) is 2. The zero-order valence-corrected chi connectivity index (χ0v) is 17.1. The highest BCUT2D eigenvalue weighted by Gasteiger charge is 2.33. The Balaban J connectivity index is 1.65. The molecule has 1 saturated heterocycles. The van der Waals surface area contributed by atoms with E-state index in [9.17, 15) is 10.2 Å². The third-order valence-electron chi connectivity index (χ3n) is 5.24. The molecule has 0 spiro atoms. The van der Waals surface area contributed by atoms with Crippen LogP contribution in [0.2, 0.25) is 0 Å². The fraction of sp³-hybridized carbons (Fsp3) is 0.217. The summed E-state index contributed by atoms with van der Waals surface area (Å²) in [7, 11) is 0. The minimum atomic E-state index is 0.0664. The lowest BCUT2D eigenvalue weighted by molar-refractivity contribution is 0.124. The second kappa shape index (κ2) is 8.35. The van der Waals surface area contributed by atoms with Gasteiger partial charge in [0.1, 0.15) is 11.5 Å². The molecular weight excluding hydrogens is 416 g/mol. The van der Waals surface area contributed by atoms with Crippen molar-refractivity contribution in [2.75, 3.05) is 13.1 Å².